The largest absolute Gasteiger partial charge is 0.338 e. The van der Waals surface area contributed by atoms with E-state index in [0.29, 0.717) is 29.2 Å². The van der Waals surface area contributed by atoms with Crippen molar-refractivity contribution in [2.75, 3.05) is 52.1 Å². The van der Waals surface area contributed by atoms with Gasteiger partial charge in [0.25, 0.3) is 0 Å². The first-order chi connectivity index (χ1) is 18.3. The van der Waals surface area contributed by atoms with Gasteiger partial charge in [0, 0.05) is 51.4 Å². The molecule has 3 saturated heterocycles. The number of piperidine rings is 1. The first-order valence-electron chi connectivity index (χ1n) is 14.4. The number of rotatable bonds is 8. The SMILES string of the molecule is CS(=O)(=O)c1ccc(CN2CCC3(CCN(CC4CN(CC5CC5)CC4c4ccccc4)CC3)C2=O)cc1.Cl.Cl. The molecule has 0 N–H and O–H groups in total. The van der Waals surface area contributed by atoms with Gasteiger partial charge in [-0.05, 0) is 80.3 Å². The van der Waals surface area contributed by atoms with Crippen molar-refractivity contribution in [3.8, 4) is 0 Å². The topological polar surface area (TPSA) is 60.9 Å². The van der Waals surface area contributed by atoms with Crippen molar-refractivity contribution in [2.24, 2.45) is 17.3 Å². The summed E-state index contributed by atoms with van der Waals surface area (Å²) in [6.45, 7) is 8.13. The summed E-state index contributed by atoms with van der Waals surface area (Å²) >= 11 is 0. The molecule has 9 heteroatoms. The number of carbonyl (C=O) groups excluding carboxylic acids is 1. The lowest BCUT2D eigenvalue weighted by molar-refractivity contribution is -0.139. The third kappa shape index (κ3) is 6.87. The first kappa shape index (κ1) is 31.3. The van der Waals surface area contributed by atoms with Crippen molar-refractivity contribution >= 4 is 40.6 Å². The molecule has 3 heterocycles. The highest BCUT2D eigenvalue weighted by molar-refractivity contribution is 7.90. The molecule has 40 heavy (non-hydrogen) atoms. The van der Waals surface area contributed by atoms with Crippen LogP contribution >= 0.6 is 24.8 Å². The molecule has 1 aliphatic carbocycles. The van der Waals surface area contributed by atoms with Crippen molar-refractivity contribution in [1.82, 2.24) is 14.7 Å². The third-order valence-corrected chi connectivity index (χ3v) is 10.7. The average molecular weight is 609 g/mol. The molecule has 1 saturated carbocycles. The number of hydrogen-bond donors (Lipinski definition) is 0. The normalized spacial score (nSPS) is 25.1. The minimum Gasteiger partial charge on any atom is -0.338 e. The van der Waals surface area contributed by atoms with Crippen LogP contribution in [0.3, 0.4) is 0 Å². The Balaban J connectivity index is 0.00000185. The molecular formula is C31H43Cl2N3O3S. The standard InChI is InChI=1S/C31H41N3O3S.2ClH/c1-38(36,37)28-11-9-25(10-12-28)20-34-18-15-31(30(34)35)13-16-32(17-14-31)21-27-22-33(19-24-7-8-24)23-29(27)26-5-3-2-4-6-26;;/h2-6,9-12,24,27,29H,7-8,13-23H2,1H3;2*1H. The second kappa shape index (κ2) is 12.7. The molecule has 1 amide bonds. The van der Waals surface area contributed by atoms with Crippen molar-refractivity contribution in [2.45, 2.75) is 49.5 Å². The predicted molar refractivity (Wildman–Crippen MR) is 164 cm³/mol. The molecule has 2 aromatic carbocycles. The lowest BCUT2D eigenvalue weighted by Crippen LogP contribution is -2.46. The van der Waals surface area contributed by atoms with E-state index in [1.165, 1.54) is 44.3 Å². The van der Waals surface area contributed by atoms with Crippen LogP contribution in [0.25, 0.3) is 0 Å². The maximum atomic E-state index is 13.6. The van der Waals surface area contributed by atoms with Gasteiger partial charge in [-0.15, -0.1) is 24.8 Å². The van der Waals surface area contributed by atoms with Gasteiger partial charge in [0.15, 0.2) is 9.84 Å². The van der Waals surface area contributed by atoms with Crippen LogP contribution in [0, 0.1) is 17.3 Å². The minimum absolute atomic E-state index is 0. The van der Waals surface area contributed by atoms with Gasteiger partial charge in [-0.1, -0.05) is 42.5 Å². The summed E-state index contributed by atoms with van der Waals surface area (Å²) in [5.74, 6) is 2.47. The molecule has 4 aliphatic rings. The zero-order valence-electron chi connectivity index (χ0n) is 23.4. The summed E-state index contributed by atoms with van der Waals surface area (Å²) < 4.78 is 23.5. The van der Waals surface area contributed by atoms with Crippen LogP contribution in [0.1, 0.15) is 49.1 Å². The van der Waals surface area contributed by atoms with Gasteiger partial charge in [-0.3, -0.25) is 4.79 Å². The fraction of sp³-hybridized carbons (Fsp3) is 0.581. The van der Waals surface area contributed by atoms with Crippen LogP contribution in [0.2, 0.25) is 0 Å². The Bertz CT molecular complexity index is 1250. The van der Waals surface area contributed by atoms with Gasteiger partial charge in [-0.25, -0.2) is 8.42 Å². The van der Waals surface area contributed by atoms with Crippen LogP contribution in [0.5, 0.6) is 0 Å². The highest BCUT2D eigenvalue weighted by Crippen LogP contribution is 2.43. The number of amides is 1. The number of carbonyl (C=O) groups is 1. The Morgan fingerprint density at radius 2 is 1.48 bits per heavy atom. The summed E-state index contributed by atoms with van der Waals surface area (Å²) in [4.78, 5) is 21.2. The van der Waals surface area contributed by atoms with Gasteiger partial charge >= 0.3 is 0 Å². The van der Waals surface area contributed by atoms with Crippen LogP contribution in [-0.2, 0) is 21.2 Å². The Labute approximate surface area is 252 Å². The van der Waals surface area contributed by atoms with Crippen molar-refractivity contribution in [3.63, 3.8) is 0 Å². The monoisotopic (exact) mass is 607 g/mol. The molecule has 4 fully saturated rings. The van der Waals surface area contributed by atoms with Crippen LogP contribution < -0.4 is 0 Å². The van der Waals surface area contributed by atoms with E-state index in [0.717, 1.165) is 56.9 Å². The summed E-state index contributed by atoms with van der Waals surface area (Å²) in [6.07, 6.45) is 6.87. The predicted octanol–water partition coefficient (Wildman–Crippen LogP) is 4.87. The van der Waals surface area contributed by atoms with E-state index in [4.69, 9.17) is 0 Å². The molecule has 0 radical (unpaired) electrons. The van der Waals surface area contributed by atoms with E-state index in [2.05, 4.69) is 40.1 Å². The molecule has 0 aromatic heterocycles. The zero-order chi connectivity index (χ0) is 26.3. The lowest BCUT2D eigenvalue weighted by Gasteiger charge is -2.39. The molecule has 6 nitrogen and oxygen atoms in total. The van der Waals surface area contributed by atoms with E-state index in [1.54, 1.807) is 12.1 Å². The number of halogens is 2. The van der Waals surface area contributed by atoms with E-state index >= 15 is 0 Å². The maximum Gasteiger partial charge on any atom is 0.229 e. The summed E-state index contributed by atoms with van der Waals surface area (Å²) in [5, 5.41) is 0. The molecule has 3 aliphatic heterocycles. The van der Waals surface area contributed by atoms with Crippen molar-refractivity contribution in [3.05, 3.63) is 65.7 Å². The van der Waals surface area contributed by atoms with Crippen molar-refractivity contribution < 1.29 is 13.2 Å². The quantitative estimate of drug-likeness (QED) is 0.428. The molecule has 2 atom stereocenters. The van der Waals surface area contributed by atoms with Crippen LogP contribution in [-0.4, -0.2) is 81.1 Å². The average Bonchev–Trinajstić information content (AvgIpc) is 3.57. The van der Waals surface area contributed by atoms with Gasteiger partial charge in [0.2, 0.25) is 5.91 Å². The molecule has 2 unspecified atom stereocenters. The highest BCUT2D eigenvalue weighted by atomic mass is 35.5. The number of hydrogen-bond acceptors (Lipinski definition) is 5. The Morgan fingerprint density at radius 1 is 0.825 bits per heavy atom. The van der Waals surface area contributed by atoms with E-state index in [1.807, 2.05) is 17.0 Å². The lowest BCUT2D eigenvalue weighted by atomic mass is 9.76. The fourth-order valence-corrected chi connectivity index (χ4v) is 7.73. The maximum absolute atomic E-state index is 13.6. The van der Waals surface area contributed by atoms with Gasteiger partial charge in [0.1, 0.15) is 0 Å². The zero-order valence-corrected chi connectivity index (χ0v) is 25.9. The molecule has 220 valence electrons. The Kier molecular flexibility index (Phi) is 9.94. The number of sulfone groups is 1. The summed E-state index contributed by atoms with van der Waals surface area (Å²) in [6, 6.07) is 18.1. The van der Waals surface area contributed by atoms with Gasteiger partial charge < -0.3 is 14.7 Å². The van der Waals surface area contributed by atoms with Crippen molar-refractivity contribution in [1.29, 1.82) is 0 Å². The second-order valence-electron chi connectivity index (χ2n) is 12.4. The molecular weight excluding hydrogens is 565 g/mol. The molecule has 0 bridgehead atoms. The second-order valence-corrected chi connectivity index (χ2v) is 14.4. The molecule has 2 aromatic rings. The summed E-state index contributed by atoms with van der Waals surface area (Å²) in [7, 11) is -3.21. The number of benzene rings is 2. The Hall–Kier alpha value is -1.64. The summed E-state index contributed by atoms with van der Waals surface area (Å²) in [5.41, 5.74) is 2.26. The Morgan fingerprint density at radius 3 is 2.10 bits per heavy atom. The fourth-order valence-electron chi connectivity index (χ4n) is 7.10. The number of nitrogens with zero attached hydrogens (tertiary/aromatic N) is 3. The van der Waals surface area contributed by atoms with Crippen LogP contribution in [0.15, 0.2) is 59.5 Å². The van der Waals surface area contributed by atoms with Gasteiger partial charge in [0.05, 0.1) is 10.3 Å². The number of likely N-dealkylation sites (tertiary alicyclic amines) is 3. The minimum atomic E-state index is -3.21. The smallest absolute Gasteiger partial charge is 0.229 e. The highest BCUT2D eigenvalue weighted by Gasteiger charge is 2.48. The van der Waals surface area contributed by atoms with E-state index in [9.17, 15) is 13.2 Å². The first-order valence-corrected chi connectivity index (χ1v) is 16.3. The molecule has 1 spiro atoms. The van der Waals surface area contributed by atoms with Crippen LogP contribution in [0.4, 0.5) is 0 Å². The third-order valence-electron chi connectivity index (χ3n) is 9.59. The molecule has 6 rings (SSSR count). The van der Waals surface area contributed by atoms with Gasteiger partial charge in [-0.2, -0.15) is 0 Å². The van der Waals surface area contributed by atoms with E-state index in [-0.39, 0.29) is 30.2 Å². The van der Waals surface area contributed by atoms with E-state index < -0.39 is 9.84 Å².